The van der Waals surface area contributed by atoms with Crippen molar-refractivity contribution in [2.75, 3.05) is 25.0 Å². The zero-order chi connectivity index (χ0) is 15.5. The molecule has 0 unspecified atom stereocenters. The van der Waals surface area contributed by atoms with Crippen molar-refractivity contribution in [3.63, 3.8) is 0 Å². The van der Waals surface area contributed by atoms with Crippen molar-refractivity contribution in [2.24, 2.45) is 7.05 Å². The SMILES string of the molecule is CN(CCc1nccs1)[C@@H]1CCCN(c2ccn(C)n2)C1=O. The maximum Gasteiger partial charge on any atom is 0.245 e. The largest absolute Gasteiger partial charge is 0.295 e. The molecule has 7 heteroatoms. The van der Waals surface area contributed by atoms with E-state index < -0.39 is 0 Å². The molecular formula is C15H21N5OS. The second kappa shape index (κ2) is 6.58. The van der Waals surface area contributed by atoms with E-state index in [0.717, 1.165) is 43.2 Å². The average molecular weight is 319 g/mol. The third-order valence-corrected chi connectivity index (χ3v) is 4.92. The third kappa shape index (κ3) is 3.20. The Kier molecular flexibility index (Phi) is 4.54. The lowest BCUT2D eigenvalue weighted by Crippen LogP contribution is -2.52. The first-order valence-electron chi connectivity index (χ1n) is 7.55. The number of rotatable bonds is 5. The molecule has 0 aromatic carbocycles. The lowest BCUT2D eigenvalue weighted by atomic mass is 10.0. The van der Waals surface area contributed by atoms with Crippen molar-refractivity contribution in [1.29, 1.82) is 0 Å². The summed E-state index contributed by atoms with van der Waals surface area (Å²) in [5.74, 6) is 0.914. The molecule has 22 heavy (non-hydrogen) atoms. The Balaban J connectivity index is 1.64. The molecule has 118 valence electrons. The highest BCUT2D eigenvalue weighted by Gasteiger charge is 2.33. The van der Waals surface area contributed by atoms with Gasteiger partial charge in [-0.1, -0.05) is 0 Å². The maximum absolute atomic E-state index is 12.8. The van der Waals surface area contributed by atoms with Crippen molar-refractivity contribution in [3.8, 4) is 0 Å². The lowest BCUT2D eigenvalue weighted by molar-refractivity contribution is -0.124. The number of amides is 1. The van der Waals surface area contributed by atoms with Crippen LogP contribution in [0.5, 0.6) is 0 Å². The predicted octanol–water partition coefficient (Wildman–Crippen LogP) is 1.55. The molecular weight excluding hydrogens is 298 g/mol. The second-order valence-corrected chi connectivity index (χ2v) is 6.63. The van der Waals surface area contributed by atoms with Crippen LogP contribution in [-0.2, 0) is 18.3 Å². The van der Waals surface area contributed by atoms with Crippen LogP contribution in [-0.4, -0.2) is 51.8 Å². The molecule has 2 aromatic rings. The molecule has 3 rings (SSSR count). The summed E-state index contributed by atoms with van der Waals surface area (Å²) in [6.45, 7) is 1.60. The number of hydrogen-bond acceptors (Lipinski definition) is 5. The van der Waals surface area contributed by atoms with E-state index in [1.807, 2.05) is 42.8 Å². The van der Waals surface area contributed by atoms with Crippen molar-refractivity contribution >= 4 is 23.1 Å². The first kappa shape index (κ1) is 15.2. The molecule has 0 N–H and O–H groups in total. The van der Waals surface area contributed by atoms with Crippen LogP contribution in [0, 0.1) is 0 Å². The van der Waals surface area contributed by atoms with Gasteiger partial charge in [0.15, 0.2) is 5.82 Å². The zero-order valence-electron chi connectivity index (χ0n) is 13.0. The Morgan fingerprint density at radius 2 is 2.36 bits per heavy atom. The summed E-state index contributed by atoms with van der Waals surface area (Å²) in [6.07, 6.45) is 6.51. The van der Waals surface area contributed by atoms with Gasteiger partial charge in [0.1, 0.15) is 0 Å². The molecule has 1 aliphatic heterocycles. The quantitative estimate of drug-likeness (QED) is 0.839. The second-order valence-electron chi connectivity index (χ2n) is 5.65. The van der Waals surface area contributed by atoms with Gasteiger partial charge >= 0.3 is 0 Å². The minimum atomic E-state index is -0.0595. The predicted molar refractivity (Wildman–Crippen MR) is 87.0 cm³/mol. The minimum absolute atomic E-state index is 0.0595. The van der Waals surface area contributed by atoms with Gasteiger partial charge in [0, 0.05) is 50.4 Å². The van der Waals surface area contributed by atoms with Gasteiger partial charge in [-0.05, 0) is 19.9 Å². The van der Waals surface area contributed by atoms with Crippen LogP contribution in [0.2, 0.25) is 0 Å². The monoisotopic (exact) mass is 319 g/mol. The molecule has 6 nitrogen and oxygen atoms in total. The van der Waals surface area contributed by atoms with Crippen molar-refractivity contribution in [3.05, 3.63) is 28.8 Å². The Hall–Kier alpha value is -1.73. The van der Waals surface area contributed by atoms with Crippen LogP contribution in [0.25, 0.3) is 0 Å². The van der Waals surface area contributed by atoms with E-state index in [4.69, 9.17) is 0 Å². The molecule has 3 heterocycles. The van der Waals surface area contributed by atoms with Gasteiger partial charge in [0.25, 0.3) is 0 Å². The molecule has 1 aliphatic rings. The van der Waals surface area contributed by atoms with Gasteiger partial charge in [-0.3, -0.25) is 19.3 Å². The molecule has 0 saturated carbocycles. The topological polar surface area (TPSA) is 54.3 Å². The number of aryl methyl sites for hydroxylation is 1. The normalized spacial score (nSPS) is 19.1. The number of likely N-dealkylation sites (N-methyl/N-ethyl adjacent to an activating group) is 1. The zero-order valence-corrected chi connectivity index (χ0v) is 13.8. The fraction of sp³-hybridized carbons (Fsp3) is 0.533. The fourth-order valence-electron chi connectivity index (χ4n) is 2.84. The number of hydrogen-bond donors (Lipinski definition) is 0. The molecule has 1 atom stereocenters. The standard InChI is InChI=1S/C15H21N5OS/c1-18(9-6-14-16-7-11-22-14)12-4-3-8-20(15(12)21)13-5-10-19(2)17-13/h5,7,10-12H,3-4,6,8-9H2,1-2H3/t12-/m1/s1. The van der Waals surface area contributed by atoms with Crippen LogP contribution in [0.3, 0.4) is 0 Å². The Morgan fingerprint density at radius 1 is 1.50 bits per heavy atom. The summed E-state index contributed by atoms with van der Waals surface area (Å²) >= 11 is 1.67. The number of piperidine rings is 1. The molecule has 1 fully saturated rings. The third-order valence-electron chi connectivity index (χ3n) is 4.08. The number of carbonyl (C=O) groups excluding carboxylic acids is 1. The number of aromatic nitrogens is 3. The first-order chi connectivity index (χ1) is 10.6. The molecule has 0 radical (unpaired) electrons. The van der Waals surface area contributed by atoms with Crippen LogP contribution < -0.4 is 4.90 Å². The van der Waals surface area contributed by atoms with Crippen LogP contribution in [0.15, 0.2) is 23.8 Å². The van der Waals surface area contributed by atoms with Gasteiger partial charge in [-0.15, -0.1) is 11.3 Å². The van der Waals surface area contributed by atoms with Gasteiger partial charge < -0.3 is 0 Å². The summed E-state index contributed by atoms with van der Waals surface area (Å²) in [7, 11) is 3.90. The average Bonchev–Trinajstić information content (AvgIpc) is 3.16. The van der Waals surface area contributed by atoms with E-state index in [1.54, 1.807) is 16.0 Å². The molecule has 0 aliphatic carbocycles. The summed E-state index contributed by atoms with van der Waals surface area (Å²) < 4.78 is 1.73. The van der Waals surface area contributed by atoms with E-state index >= 15 is 0 Å². The summed E-state index contributed by atoms with van der Waals surface area (Å²) in [5.41, 5.74) is 0. The van der Waals surface area contributed by atoms with Crippen LogP contribution >= 0.6 is 11.3 Å². The minimum Gasteiger partial charge on any atom is -0.295 e. The van der Waals surface area contributed by atoms with Crippen molar-refractivity contribution < 1.29 is 4.79 Å². The molecule has 1 saturated heterocycles. The number of thiazole rings is 1. The van der Waals surface area contributed by atoms with E-state index in [-0.39, 0.29) is 11.9 Å². The fourth-order valence-corrected chi connectivity index (χ4v) is 3.45. The number of nitrogens with zero attached hydrogens (tertiary/aromatic N) is 5. The van der Waals surface area contributed by atoms with E-state index in [1.165, 1.54) is 0 Å². The highest BCUT2D eigenvalue weighted by atomic mass is 32.1. The van der Waals surface area contributed by atoms with Gasteiger partial charge in [-0.2, -0.15) is 5.10 Å². The summed E-state index contributed by atoms with van der Waals surface area (Å²) in [5, 5.41) is 7.47. The van der Waals surface area contributed by atoms with E-state index in [0.29, 0.717) is 0 Å². The van der Waals surface area contributed by atoms with E-state index in [9.17, 15) is 4.79 Å². The molecule has 0 spiro atoms. The Bertz CT molecular complexity index is 624. The smallest absolute Gasteiger partial charge is 0.245 e. The number of anilines is 1. The number of carbonyl (C=O) groups is 1. The molecule has 0 bridgehead atoms. The molecule has 1 amide bonds. The highest BCUT2D eigenvalue weighted by Crippen LogP contribution is 2.22. The first-order valence-corrected chi connectivity index (χ1v) is 8.43. The summed E-state index contributed by atoms with van der Waals surface area (Å²) in [4.78, 5) is 21.0. The highest BCUT2D eigenvalue weighted by molar-refractivity contribution is 7.09. The van der Waals surface area contributed by atoms with Crippen LogP contribution in [0.1, 0.15) is 17.8 Å². The lowest BCUT2D eigenvalue weighted by Gasteiger charge is -2.35. The Morgan fingerprint density at radius 3 is 3.05 bits per heavy atom. The van der Waals surface area contributed by atoms with Gasteiger partial charge in [0.2, 0.25) is 5.91 Å². The van der Waals surface area contributed by atoms with Gasteiger partial charge in [0.05, 0.1) is 11.0 Å². The molecule has 2 aromatic heterocycles. The van der Waals surface area contributed by atoms with Gasteiger partial charge in [-0.25, -0.2) is 4.98 Å². The maximum atomic E-state index is 12.8. The summed E-state index contributed by atoms with van der Waals surface area (Å²) in [6, 6.07) is 1.84. The Labute approximate surface area is 134 Å². The van der Waals surface area contributed by atoms with Crippen molar-refractivity contribution in [2.45, 2.75) is 25.3 Å². The van der Waals surface area contributed by atoms with Crippen molar-refractivity contribution in [1.82, 2.24) is 19.7 Å². The van der Waals surface area contributed by atoms with Crippen LogP contribution in [0.4, 0.5) is 5.82 Å². The van der Waals surface area contributed by atoms with E-state index in [2.05, 4.69) is 15.0 Å².